The number of anilines is 2. The molecule has 166 valence electrons. The molecule has 0 bridgehead atoms. The minimum Gasteiger partial charge on any atom is -0.383 e. The first-order valence-corrected chi connectivity index (χ1v) is 10.7. The number of aromatic nitrogens is 4. The molecule has 3 N–H and O–H groups in total. The van der Waals surface area contributed by atoms with Crippen LogP contribution in [0.15, 0.2) is 38.4 Å². The maximum absolute atomic E-state index is 12.5. The lowest BCUT2D eigenvalue weighted by molar-refractivity contribution is 0.377. The number of aromatic amines is 1. The highest BCUT2D eigenvalue weighted by molar-refractivity contribution is 5.62. The van der Waals surface area contributed by atoms with E-state index in [1.807, 2.05) is 38.1 Å². The van der Waals surface area contributed by atoms with Crippen LogP contribution in [0.1, 0.15) is 57.9 Å². The van der Waals surface area contributed by atoms with Crippen LogP contribution in [0.5, 0.6) is 0 Å². The van der Waals surface area contributed by atoms with E-state index in [0.29, 0.717) is 30.7 Å². The molecule has 0 amide bonds. The molecule has 0 aliphatic heterocycles. The van der Waals surface area contributed by atoms with Gasteiger partial charge in [0, 0.05) is 18.7 Å². The van der Waals surface area contributed by atoms with Gasteiger partial charge >= 0.3 is 5.69 Å². The molecule has 31 heavy (non-hydrogen) atoms. The quantitative estimate of drug-likeness (QED) is 0.539. The van der Waals surface area contributed by atoms with Crippen molar-refractivity contribution >= 4 is 11.5 Å². The first kappa shape index (κ1) is 22.3. The molecule has 0 fully saturated rings. The molecule has 0 radical (unpaired) electrons. The zero-order valence-corrected chi connectivity index (χ0v) is 18.5. The van der Waals surface area contributed by atoms with Crippen LogP contribution in [0.3, 0.4) is 0 Å². The van der Waals surface area contributed by atoms with Crippen LogP contribution in [0.2, 0.25) is 0 Å². The molecule has 0 unspecified atom stereocenters. The fourth-order valence-electron chi connectivity index (χ4n) is 3.39. The highest BCUT2D eigenvalue weighted by atomic mass is 16.5. The number of nitrogens with two attached hydrogens (primary N) is 1. The van der Waals surface area contributed by atoms with Crippen LogP contribution in [0.4, 0.5) is 11.5 Å². The van der Waals surface area contributed by atoms with Crippen molar-refractivity contribution in [2.45, 2.75) is 59.5 Å². The Morgan fingerprint density at radius 3 is 2.52 bits per heavy atom. The molecule has 0 aliphatic carbocycles. The maximum Gasteiger partial charge on any atom is 0.330 e. The second-order valence-corrected chi connectivity index (χ2v) is 7.80. The van der Waals surface area contributed by atoms with Gasteiger partial charge in [0.25, 0.3) is 5.56 Å². The molecule has 9 heteroatoms. The summed E-state index contributed by atoms with van der Waals surface area (Å²) in [5.41, 5.74) is 7.52. The van der Waals surface area contributed by atoms with E-state index in [1.165, 1.54) is 10.1 Å². The van der Waals surface area contributed by atoms with E-state index >= 15 is 0 Å². The summed E-state index contributed by atoms with van der Waals surface area (Å²) in [4.78, 5) is 33.3. The van der Waals surface area contributed by atoms with Gasteiger partial charge in [-0.15, -0.1) is 0 Å². The van der Waals surface area contributed by atoms with Crippen molar-refractivity contribution in [3.63, 3.8) is 0 Å². The van der Waals surface area contributed by atoms with Gasteiger partial charge in [0.15, 0.2) is 0 Å². The maximum atomic E-state index is 12.5. The Hall–Kier alpha value is -3.36. The Kier molecular flexibility index (Phi) is 6.94. The lowest BCUT2D eigenvalue weighted by Crippen LogP contribution is -2.38. The average Bonchev–Trinajstić information content (AvgIpc) is 3.21. The number of H-pyrrole nitrogens is 1. The van der Waals surface area contributed by atoms with Gasteiger partial charge in [0.2, 0.25) is 11.7 Å². The van der Waals surface area contributed by atoms with E-state index in [0.717, 1.165) is 18.4 Å². The average molecular weight is 427 g/mol. The molecule has 2 heterocycles. The Balaban J connectivity index is 1.87. The summed E-state index contributed by atoms with van der Waals surface area (Å²) in [5, 5.41) is 4.07. The van der Waals surface area contributed by atoms with Crippen molar-refractivity contribution in [1.82, 2.24) is 19.7 Å². The number of unbranched alkanes of at least 4 members (excludes halogenated alkanes) is 1. The fraction of sp³-hybridized carbons (Fsp3) is 0.455. The van der Waals surface area contributed by atoms with E-state index in [1.54, 1.807) is 4.90 Å². The predicted molar refractivity (Wildman–Crippen MR) is 121 cm³/mol. The van der Waals surface area contributed by atoms with Gasteiger partial charge in [0.1, 0.15) is 11.5 Å². The summed E-state index contributed by atoms with van der Waals surface area (Å²) in [6.07, 6.45) is 1.69. The van der Waals surface area contributed by atoms with Crippen LogP contribution in [0.25, 0.3) is 11.4 Å². The molecular weight excluding hydrogens is 396 g/mol. The van der Waals surface area contributed by atoms with Crippen molar-refractivity contribution < 1.29 is 4.52 Å². The highest BCUT2D eigenvalue weighted by Crippen LogP contribution is 2.22. The van der Waals surface area contributed by atoms with Gasteiger partial charge in [-0.05, 0) is 24.8 Å². The molecular formula is C22H30N6O3. The Morgan fingerprint density at radius 2 is 1.90 bits per heavy atom. The zero-order chi connectivity index (χ0) is 22.5. The minimum atomic E-state index is -0.527. The van der Waals surface area contributed by atoms with Crippen LogP contribution in [-0.2, 0) is 13.1 Å². The SMILES string of the molecule is CCCCn1c(N)c(N(CC)Cc2nc(-c3ccc(C(C)C)cc3)no2)c(=O)[nH]c1=O. The molecule has 0 aliphatic rings. The van der Waals surface area contributed by atoms with Gasteiger partial charge in [-0.3, -0.25) is 14.3 Å². The number of nitrogens with one attached hydrogen (secondary N) is 1. The predicted octanol–water partition coefficient (Wildman–Crippen LogP) is 3.12. The summed E-state index contributed by atoms with van der Waals surface area (Å²) in [7, 11) is 0. The van der Waals surface area contributed by atoms with Crippen molar-refractivity contribution in [2.24, 2.45) is 0 Å². The minimum absolute atomic E-state index is 0.146. The smallest absolute Gasteiger partial charge is 0.330 e. The van der Waals surface area contributed by atoms with Gasteiger partial charge < -0.3 is 15.2 Å². The van der Waals surface area contributed by atoms with E-state index in [9.17, 15) is 9.59 Å². The number of rotatable bonds is 9. The topological polar surface area (TPSA) is 123 Å². The molecule has 0 saturated carbocycles. The number of benzene rings is 1. The van der Waals surface area contributed by atoms with Crippen molar-refractivity contribution in [3.05, 3.63) is 56.6 Å². The molecule has 0 atom stereocenters. The van der Waals surface area contributed by atoms with Gasteiger partial charge in [-0.2, -0.15) is 4.98 Å². The van der Waals surface area contributed by atoms with Crippen LogP contribution in [0, 0.1) is 0 Å². The number of nitrogens with zero attached hydrogens (tertiary/aromatic N) is 4. The molecule has 9 nitrogen and oxygen atoms in total. The third-order valence-electron chi connectivity index (χ3n) is 5.28. The summed E-state index contributed by atoms with van der Waals surface area (Å²) in [5.74, 6) is 1.43. The van der Waals surface area contributed by atoms with Crippen molar-refractivity contribution in [2.75, 3.05) is 17.2 Å². The summed E-state index contributed by atoms with van der Waals surface area (Å²) < 4.78 is 6.83. The number of hydrogen-bond acceptors (Lipinski definition) is 7. The van der Waals surface area contributed by atoms with E-state index in [2.05, 4.69) is 29.0 Å². The molecule has 3 rings (SSSR count). The Morgan fingerprint density at radius 1 is 1.19 bits per heavy atom. The van der Waals surface area contributed by atoms with Crippen molar-refractivity contribution in [1.29, 1.82) is 0 Å². The summed E-state index contributed by atoms with van der Waals surface area (Å²) in [6, 6.07) is 8.03. The molecule has 0 saturated heterocycles. The first-order chi connectivity index (χ1) is 14.8. The monoisotopic (exact) mass is 426 g/mol. The lowest BCUT2D eigenvalue weighted by atomic mass is 10.0. The number of hydrogen-bond donors (Lipinski definition) is 2. The van der Waals surface area contributed by atoms with Crippen molar-refractivity contribution in [3.8, 4) is 11.4 Å². The largest absolute Gasteiger partial charge is 0.383 e. The van der Waals surface area contributed by atoms with Gasteiger partial charge in [0.05, 0.1) is 6.54 Å². The molecule has 3 aromatic rings. The van der Waals surface area contributed by atoms with Gasteiger partial charge in [-0.25, -0.2) is 4.79 Å². The van der Waals surface area contributed by atoms with E-state index in [4.69, 9.17) is 10.3 Å². The fourth-order valence-corrected chi connectivity index (χ4v) is 3.39. The third kappa shape index (κ3) is 4.87. The second kappa shape index (κ2) is 9.63. The molecule has 1 aromatic carbocycles. The molecule has 2 aromatic heterocycles. The van der Waals surface area contributed by atoms with E-state index in [-0.39, 0.29) is 18.1 Å². The Labute approximate surface area is 180 Å². The van der Waals surface area contributed by atoms with Crippen LogP contribution >= 0.6 is 0 Å². The highest BCUT2D eigenvalue weighted by Gasteiger charge is 2.20. The Bertz CT molecular complexity index is 1130. The standard InChI is InChI=1S/C22H30N6O3/c1-5-7-12-28-19(23)18(21(29)25-22(28)30)27(6-2)13-17-24-20(26-31-17)16-10-8-15(9-11-16)14(3)4/h8-11,14H,5-7,12-13,23H2,1-4H3,(H,25,29,30). The summed E-state index contributed by atoms with van der Waals surface area (Å²) in [6.45, 7) is 9.31. The normalized spacial score (nSPS) is 11.3. The first-order valence-electron chi connectivity index (χ1n) is 10.7. The number of nitrogen functional groups attached to an aromatic ring is 1. The van der Waals surface area contributed by atoms with E-state index < -0.39 is 11.2 Å². The molecule has 0 spiro atoms. The third-order valence-corrected chi connectivity index (χ3v) is 5.28. The summed E-state index contributed by atoms with van der Waals surface area (Å²) >= 11 is 0. The van der Waals surface area contributed by atoms with Crippen LogP contribution < -0.4 is 21.9 Å². The lowest BCUT2D eigenvalue weighted by Gasteiger charge is -2.23. The second-order valence-electron chi connectivity index (χ2n) is 7.80. The van der Waals surface area contributed by atoms with Crippen LogP contribution in [-0.4, -0.2) is 26.2 Å². The van der Waals surface area contributed by atoms with Gasteiger partial charge in [-0.1, -0.05) is 56.6 Å². The zero-order valence-electron chi connectivity index (χ0n) is 18.5.